The Hall–Kier alpha value is -4.06. The van der Waals surface area contributed by atoms with Crippen LogP contribution >= 0.6 is 0 Å². The first-order chi connectivity index (χ1) is 14.6. The Balaban J connectivity index is 1.57. The van der Waals surface area contributed by atoms with E-state index in [4.69, 9.17) is 9.47 Å². The van der Waals surface area contributed by atoms with E-state index < -0.39 is 0 Å². The Labute approximate surface area is 175 Å². The molecule has 0 saturated heterocycles. The largest absolute Gasteiger partial charge is 0.493 e. The van der Waals surface area contributed by atoms with Gasteiger partial charge < -0.3 is 20.1 Å². The molecule has 0 atom stereocenters. The number of hydrogen-bond donors (Lipinski definition) is 2. The molecule has 152 valence electrons. The summed E-state index contributed by atoms with van der Waals surface area (Å²) in [6.07, 6.45) is 3.12. The number of methoxy groups -OCH3 is 1. The maximum absolute atomic E-state index is 12.2. The number of anilines is 1. The Morgan fingerprint density at radius 1 is 0.867 bits per heavy atom. The van der Waals surface area contributed by atoms with Crippen LogP contribution in [0, 0.1) is 0 Å². The van der Waals surface area contributed by atoms with Crippen molar-refractivity contribution in [3.8, 4) is 17.2 Å². The standard InChI is InChI=1S/C24H22N2O4/c1-25-24(28)18-10-7-17(8-11-18)9-16-23(27)26-19-12-14-20(15-13-19)30-22-6-4-3-5-21(22)29-2/h3-16H,1-2H3,(H,25,28)(H,26,27)/b16-9+. The molecule has 0 unspecified atom stereocenters. The summed E-state index contributed by atoms with van der Waals surface area (Å²) in [4.78, 5) is 23.7. The molecular weight excluding hydrogens is 380 g/mol. The molecule has 3 rings (SSSR count). The number of amides is 2. The summed E-state index contributed by atoms with van der Waals surface area (Å²) in [5.74, 6) is 1.47. The van der Waals surface area contributed by atoms with E-state index in [0.717, 1.165) is 5.56 Å². The first-order valence-corrected chi connectivity index (χ1v) is 9.31. The van der Waals surface area contributed by atoms with Gasteiger partial charge in [0.25, 0.3) is 5.91 Å². The number of carbonyl (C=O) groups excluding carboxylic acids is 2. The highest BCUT2D eigenvalue weighted by Crippen LogP contribution is 2.31. The van der Waals surface area contributed by atoms with Gasteiger partial charge in [-0.3, -0.25) is 9.59 Å². The van der Waals surface area contributed by atoms with Gasteiger partial charge in [-0.2, -0.15) is 0 Å². The highest BCUT2D eigenvalue weighted by atomic mass is 16.5. The number of rotatable bonds is 7. The predicted octanol–water partition coefficient (Wildman–Crippen LogP) is 4.50. The summed E-state index contributed by atoms with van der Waals surface area (Å²) in [6.45, 7) is 0. The maximum Gasteiger partial charge on any atom is 0.251 e. The Kier molecular flexibility index (Phi) is 6.84. The van der Waals surface area contributed by atoms with Gasteiger partial charge in [0.05, 0.1) is 7.11 Å². The molecule has 6 heteroatoms. The molecule has 0 heterocycles. The third-order valence-corrected chi connectivity index (χ3v) is 4.25. The lowest BCUT2D eigenvalue weighted by Crippen LogP contribution is -2.17. The summed E-state index contributed by atoms with van der Waals surface area (Å²) < 4.78 is 11.1. The van der Waals surface area contributed by atoms with Crippen molar-refractivity contribution in [1.29, 1.82) is 0 Å². The monoisotopic (exact) mass is 402 g/mol. The predicted molar refractivity (Wildman–Crippen MR) is 117 cm³/mol. The summed E-state index contributed by atoms with van der Waals surface area (Å²) in [5.41, 5.74) is 2.03. The molecule has 0 aliphatic carbocycles. The van der Waals surface area contributed by atoms with Crippen molar-refractivity contribution < 1.29 is 19.1 Å². The van der Waals surface area contributed by atoms with Gasteiger partial charge in [-0.05, 0) is 60.2 Å². The minimum atomic E-state index is -0.260. The zero-order chi connectivity index (χ0) is 21.3. The lowest BCUT2D eigenvalue weighted by atomic mass is 10.1. The molecule has 0 aliphatic heterocycles. The third-order valence-electron chi connectivity index (χ3n) is 4.25. The molecule has 2 N–H and O–H groups in total. The fraction of sp³-hybridized carbons (Fsp3) is 0.0833. The highest BCUT2D eigenvalue weighted by Gasteiger charge is 2.05. The van der Waals surface area contributed by atoms with Crippen LogP contribution < -0.4 is 20.1 Å². The van der Waals surface area contributed by atoms with Gasteiger partial charge >= 0.3 is 0 Å². The van der Waals surface area contributed by atoms with Crippen molar-refractivity contribution in [3.05, 3.63) is 90.0 Å². The third kappa shape index (κ3) is 5.48. The number of para-hydroxylation sites is 2. The Bertz CT molecular complexity index is 1040. The first kappa shape index (κ1) is 20.7. The molecule has 0 aliphatic rings. The van der Waals surface area contributed by atoms with Crippen LogP contribution in [0.5, 0.6) is 17.2 Å². The van der Waals surface area contributed by atoms with Crippen LogP contribution in [0.4, 0.5) is 5.69 Å². The van der Waals surface area contributed by atoms with E-state index in [0.29, 0.717) is 28.5 Å². The van der Waals surface area contributed by atoms with Gasteiger partial charge in [0.1, 0.15) is 5.75 Å². The van der Waals surface area contributed by atoms with Gasteiger partial charge in [-0.15, -0.1) is 0 Å². The second-order valence-electron chi connectivity index (χ2n) is 6.30. The molecule has 6 nitrogen and oxygen atoms in total. The molecule has 0 spiro atoms. The smallest absolute Gasteiger partial charge is 0.251 e. The van der Waals surface area contributed by atoms with Crippen LogP contribution in [0.2, 0.25) is 0 Å². The van der Waals surface area contributed by atoms with Crippen molar-refractivity contribution >= 4 is 23.6 Å². The van der Waals surface area contributed by atoms with Crippen molar-refractivity contribution in [1.82, 2.24) is 5.32 Å². The van der Waals surface area contributed by atoms with E-state index in [1.54, 1.807) is 68.8 Å². The van der Waals surface area contributed by atoms with Gasteiger partial charge in [0.2, 0.25) is 5.91 Å². The highest BCUT2D eigenvalue weighted by molar-refractivity contribution is 6.02. The van der Waals surface area contributed by atoms with Gasteiger partial charge in [-0.1, -0.05) is 24.3 Å². The summed E-state index contributed by atoms with van der Waals surface area (Å²) in [7, 11) is 3.17. The second-order valence-corrected chi connectivity index (χ2v) is 6.30. The quantitative estimate of drug-likeness (QED) is 0.571. The second kappa shape index (κ2) is 9.93. The van der Waals surface area contributed by atoms with E-state index in [-0.39, 0.29) is 11.8 Å². The van der Waals surface area contributed by atoms with E-state index in [9.17, 15) is 9.59 Å². The number of hydrogen-bond acceptors (Lipinski definition) is 4. The topological polar surface area (TPSA) is 76.7 Å². The van der Waals surface area contributed by atoms with Crippen molar-refractivity contribution in [3.63, 3.8) is 0 Å². The van der Waals surface area contributed by atoms with E-state index >= 15 is 0 Å². The lowest BCUT2D eigenvalue weighted by Gasteiger charge is -2.10. The van der Waals surface area contributed by atoms with Gasteiger partial charge in [-0.25, -0.2) is 0 Å². The lowest BCUT2D eigenvalue weighted by molar-refractivity contribution is -0.111. The summed E-state index contributed by atoms with van der Waals surface area (Å²) in [5, 5.41) is 5.36. The molecule has 2 amide bonds. The summed E-state index contributed by atoms with van der Waals surface area (Å²) >= 11 is 0. The fourth-order valence-corrected chi connectivity index (χ4v) is 2.68. The van der Waals surface area contributed by atoms with Gasteiger partial charge in [0.15, 0.2) is 11.5 Å². The SMILES string of the molecule is CNC(=O)c1ccc(/C=C/C(=O)Nc2ccc(Oc3ccccc3OC)cc2)cc1. The molecule has 3 aromatic rings. The van der Waals surface area contributed by atoms with Crippen molar-refractivity contribution in [2.75, 3.05) is 19.5 Å². The number of ether oxygens (including phenoxy) is 2. The molecule has 30 heavy (non-hydrogen) atoms. The molecular formula is C24H22N2O4. The molecule has 0 bridgehead atoms. The molecule has 0 radical (unpaired) electrons. The van der Waals surface area contributed by atoms with Crippen molar-refractivity contribution in [2.24, 2.45) is 0 Å². The number of carbonyl (C=O) groups is 2. The Morgan fingerprint density at radius 2 is 1.53 bits per heavy atom. The van der Waals surface area contributed by atoms with Crippen molar-refractivity contribution in [2.45, 2.75) is 0 Å². The van der Waals surface area contributed by atoms with Crippen LogP contribution in [-0.2, 0) is 4.79 Å². The normalized spacial score (nSPS) is 10.5. The Morgan fingerprint density at radius 3 is 2.17 bits per heavy atom. The average molecular weight is 402 g/mol. The molecule has 0 fully saturated rings. The van der Waals surface area contributed by atoms with Crippen LogP contribution in [0.25, 0.3) is 6.08 Å². The number of nitrogens with one attached hydrogen (secondary N) is 2. The minimum absolute atomic E-state index is 0.151. The maximum atomic E-state index is 12.2. The zero-order valence-electron chi connectivity index (χ0n) is 16.7. The molecule has 3 aromatic carbocycles. The zero-order valence-corrected chi connectivity index (χ0v) is 16.7. The first-order valence-electron chi connectivity index (χ1n) is 9.31. The van der Waals surface area contributed by atoms with Gasteiger partial charge in [0, 0.05) is 24.4 Å². The fourth-order valence-electron chi connectivity index (χ4n) is 2.68. The molecule has 0 saturated carbocycles. The molecule has 0 aromatic heterocycles. The van der Waals surface area contributed by atoms with Crippen LogP contribution in [0.15, 0.2) is 78.9 Å². The minimum Gasteiger partial charge on any atom is -0.493 e. The van der Waals surface area contributed by atoms with Crippen LogP contribution in [0.3, 0.4) is 0 Å². The average Bonchev–Trinajstić information content (AvgIpc) is 2.79. The van der Waals surface area contributed by atoms with E-state index in [1.165, 1.54) is 6.08 Å². The van der Waals surface area contributed by atoms with E-state index in [2.05, 4.69) is 10.6 Å². The number of benzene rings is 3. The summed E-state index contributed by atoms with van der Waals surface area (Å²) in [6, 6.07) is 21.4. The van der Waals surface area contributed by atoms with Crippen LogP contribution in [-0.4, -0.2) is 26.0 Å². The van der Waals surface area contributed by atoms with Crippen LogP contribution in [0.1, 0.15) is 15.9 Å². The van der Waals surface area contributed by atoms with E-state index in [1.807, 2.05) is 24.3 Å².